The molecule has 76 valence electrons. The zero-order valence-corrected chi connectivity index (χ0v) is 9.18. The highest BCUT2D eigenvalue weighted by molar-refractivity contribution is 4.97. The van der Waals surface area contributed by atoms with Crippen molar-refractivity contribution in [3.63, 3.8) is 0 Å². The zero-order valence-electron chi connectivity index (χ0n) is 9.18. The van der Waals surface area contributed by atoms with Crippen molar-refractivity contribution in [2.45, 2.75) is 46.0 Å². The number of rotatable bonds is 5. The molecule has 1 aliphatic heterocycles. The average molecular weight is 181 g/mol. The predicted molar refractivity (Wildman–Crippen MR) is 58.6 cm³/mol. The molecule has 0 radical (unpaired) electrons. The van der Waals surface area contributed by atoms with E-state index in [1.165, 1.54) is 50.9 Å². The van der Waals surface area contributed by atoms with E-state index in [0.29, 0.717) is 0 Å². The molecule has 0 aliphatic carbocycles. The van der Waals surface area contributed by atoms with Crippen LogP contribution in [0.1, 0.15) is 46.0 Å². The van der Waals surface area contributed by atoms with Gasteiger partial charge in [-0.3, -0.25) is 0 Å². The maximum absolute atomic E-state index is 4.17. The Morgan fingerprint density at radius 1 is 1.46 bits per heavy atom. The fourth-order valence-corrected chi connectivity index (χ4v) is 1.99. The van der Waals surface area contributed by atoms with Gasteiger partial charge in [0.15, 0.2) is 0 Å². The molecule has 0 aromatic heterocycles. The Morgan fingerprint density at radius 2 is 2.23 bits per heavy atom. The second kappa shape index (κ2) is 5.31. The van der Waals surface area contributed by atoms with Crippen LogP contribution in [0, 0.1) is 5.92 Å². The second-order valence-electron chi connectivity index (χ2n) is 4.18. The Hall–Kier alpha value is -0.460. The molecule has 0 N–H and O–H groups in total. The van der Waals surface area contributed by atoms with Crippen LogP contribution in [0.3, 0.4) is 0 Å². The Morgan fingerprint density at radius 3 is 2.77 bits per heavy atom. The first kappa shape index (κ1) is 10.6. The SMILES string of the molecule is C=C(CCCC)N1CCC(CC)C1. The van der Waals surface area contributed by atoms with Crippen LogP contribution in [0.25, 0.3) is 0 Å². The van der Waals surface area contributed by atoms with Crippen LogP contribution < -0.4 is 0 Å². The molecule has 1 nitrogen and oxygen atoms in total. The van der Waals surface area contributed by atoms with E-state index in [2.05, 4.69) is 25.3 Å². The Balaban J connectivity index is 2.25. The summed E-state index contributed by atoms with van der Waals surface area (Å²) in [5.74, 6) is 0.929. The first-order valence-corrected chi connectivity index (χ1v) is 5.70. The molecule has 0 aromatic rings. The molecule has 0 saturated carbocycles. The maximum Gasteiger partial charge on any atom is 0.0203 e. The number of hydrogen-bond donors (Lipinski definition) is 0. The summed E-state index contributed by atoms with van der Waals surface area (Å²) >= 11 is 0. The average Bonchev–Trinajstić information content (AvgIpc) is 2.62. The number of hydrogen-bond acceptors (Lipinski definition) is 1. The van der Waals surface area contributed by atoms with Gasteiger partial charge in [-0.05, 0) is 25.2 Å². The van der Waals surface area contributed by atoms with Gasteiger partial charge in [-0.25, -0.2) is 0 Å². The van der Waals surface area contributed by atoms with Crippen LogP contribution >= 0.6 is 0 Å². The molecule has 0 spiro atoms. The third-order valence-electron chi connectivity index (χ3n) is 3.13. The first-order valence-electron chi connectivity index (χ1n) is 5.70. The van der Waals surface area contributed by atoms with Crippen LogP contribution in [0.15, 0.2) is 12.3 Å². The molecule has 1 rings (SSSR count). The molecular weight excluding hydrogens is 158 g/mol. The van der Waals surface area contributed by atoms with E-state index in [0.717, 1.165) is 5.92 Å². The van der Waals surface area contributed by atoms with Crippen molar-refractivity contribution in [3.8, 4) is 0 Å². The van der Waals surface area contributed by atoms with E-state index < -0.39 is 0 Å². The van der Waals surface area contributed by atoms with Crippen molar-refractivity contribution < 1.29 is 0 Å². The van der Waals surface area contributed by atoms with E-state index in [1.807, 2.05) is 0 Å². The summed E-state index contributed by atoms with van der Waals surface area (Å²) in [6, 6.07) is 0. The highest BCUT2D eigenvalue weighted by Crippen LogP contribution is 2.24. The third-order valence-corrected chi connectivity index (χ3v) is 3.13. The van der Waals surface area contributed by atoms with Gasteiger partial charge < -0.3 is 4.90 Å². The lowest BCUT2D eigenvalue weighted by Gasteiger charge is -2.20. The molecular formula is C12H23N. The summed E-state index contributed by atoms with van der Waals surface area (Å²) in [5, 5.41) is 0. The zero-order chi connectivity index (χ0) is 9.68. The number of likely N-dealkylation sites (tertiary alicyclic amines) is 1. The standard InChI is InChI=1S/C12H23N/c1-4-6-7-11(3)13-9-8-12(5-2)10-13/h12H,3-10H2,1-2H3. The van der Waals surface area contributed by atoms with Gasteiger partial charge in [-0.2, -0.15) is 0 Å². The van der Waals surface area contributed by atoms with Gasteiger partial charge in [0.05, 0.1) is 0 Å². The van der Waals surface area contributed by atoms with Crippen molar-refractivity contribution in [1.29, 1.82) is 0 Å². The quantitative estimate of drug-likeness (QED) is 0.628. The van der Waals surface area contributed by atoms with Gasteiger partial charge in [0.2, 0.25) is 0 Å². The summed E-state index contributed by atoms with van der Waals surface area (Å²) in [5.41, 5.74) is 1.37. The summed E-state index contributed by atoms with van der Waals surface area (Å²) in [6.45, 7) is 11.2. The summed E-state index contributed by atoms with van der Waals surface area (Å²) in [4.78, 5) is 2.49. The molecule has 1 heterocycles. The van der Waals surface area contributed by atoms with Crippen LogP contribution in [0.4, 0.5) is 0 Å². The first-order chi connectivity index (χ1) is 6.27. The summed E-state index contributed by atoms with van der Waals surface area (Å²) < 4.78 is 0. The highest BCUT2D eigenvalue weighted by Gasteiger charge is 2.20. The number of nitrogens with zero attached hydrogens (tertiary/aromatic N) is 1. The molecule has 1 saturated heterocycles. The Kier molecular flexibility index (Phi) is 4.34. The van der Waals surface area contributed by atoms with E-state index in [-0.39, 0.29) is 0 Å². The van der Waals surface area contributed by atoms with Crippen LogP contribution in [0.5, 0.6) is 0 Å². The molecule has 0 bridgehead atoms. The highest BCUT2D eigenvalue weighted by atomic mass is 15.2. The molecule has 1 atom stereocenters. The fourth-order valence-electron chi connectivity index (χ4n) is 1.99. The topological polar surface area (TPSA) is 3.24 Å². The Bertz CT molecular complexity index is 163. The molecule has 13 heavy (non-hydrogen) atoms. The molecule has 0 amide bonds. The lowest BCUT2D eigenvalue weighted by atomic mass is 10.1. The summed E-state index contributed by atoms with van der Waals surface area (Å²) in [7, 11) is 0. The maximum atomic E-state index is 4.17. The number of allylic oxidation sites excluding steroid dienone is 1. The Labute approximate surface area is 82.8 Å². The van der Waals surface area contributed by atoms with Gasteiger partial charge in [0.25, 0.3) is 0 Å². The minimum Gasteiger partial charge on any atom is -0.375 e. The van der Waals surface area contributed by atoms with Gasteiger partial charge in [-0.1, -0.05) is 33.3 Å². The smallest absolute Gasteiger partial charge is 0.0203 e. The molecule has 1 unspecified atom stereocenters. The van der Waals surface area contributed by atoms with E-state index in [4.69, 9.17) is 0 Å². The lowest BCUT2D eigenvalue weighted by Crippen LogP contribution is -2.19. The minimum atomic E-state index is 0.929. The molecule has 0 aromatic carbocycles. The van der Waals surface area contributed by atoms with Crippen LogP contribution in [-0.2, 0) is 0 Å². The van der Waals surface area contributed by atoms with Gasteiger partial charge in [0.1, 0.15) is 0 Å². The monoisotopic (exact) mass is 181 g/mol. The van der Waals surface area contributed by atoms with Gasteiger partial charge in [-0.15, -0.1) is 0 Å². The van der Waals surface area contributed by atoms with Crippen molar-refractivity contribution >= 4 is 0 Å². The molecule has 1 heteroatoms. The van der Waals surface area contributed by atoms with Crippen molar-refractivity contribution in [2.75, 3.05) is 13.1 Å². The van der Waals surface area contributed by atoms with E-state index in [1.54, 1.807) is 0 Å². The van der Waals surface area contributed by atoms with Crippen molar-refractivity contribution in [1.82, 2.24) is 4.90 Å². The molecule has 1 fully saturated rings. The van der Waals surface area contributed by atoms with Gasteiger partial charge in [0, 0.05) is 18.8 Å². The van der Waals surface area contributed by atoms with E-state index in [9.17, 15) is 0 Å². The minimum absolute atomic E-state index is 0.929. The number of unbranched alkanes of at least 4 members (excludes halogenated alkanes) is 1. The molecule has 1 aliphatic rings. The predicted octanol–water partition coefficient (Wildman–Crippen LogP) is 3.42. The second-order valence-corrected chi connectivity index (χ2v) is 4.18. The van der Waals surface area contributed by atoms with Crippen molar-refractivity contribution in [3.05, 3.63) is 12.3 Å². The fraction of sp³-hybridized carbons (Fsp3) is 0.833. The largest absolute Gasteiger partial charge is 0.375 e. The van der Waals surface area contributed by atoms with Gasteiger partial charge >= 0.3 is 0 Å². The summed E-state index contributed by atoms with van der Waals surface area (Å²) in [6.07, 6.45) is 6.49. The van der Waals surface area contributed by atoms with E-state index >= 15 is 0 Å². The lowest BCUT2D eigenvalue weighted by molar-refractivity contribution is 0.384. The van der Waals surface area contributed by atoms with Crippen LogP contribution in [0.2, 0.25) is 0 Å². The third kappa shape index (κ3) is 3.06. The van der Waals surface area contributed by atoms with Crippen LogP contribution in [-0.4, -0.2) is 18.0 Å². The normalized spacial score (nSPS) is 22.3. The van der Waals surface area contributed by atoms with Crippen molar-refractivity contribution in [2.24, 2.45) is 5.92 Å².